The van der Waals surface area contributed by atoms with Crippen molar-refractivity contribution < 1.29 is 14.4 Å². The van der Waals surface area contributed by atoms with Gasteiger partial charge in [-0.3, -0.25) is 0 Å². The Balaban J connectivity index is 1.60. The zero-order chi connectivity index (χ0) is 20.6. The second-order valence-electron chi connectivity index (χ2n) is 7.54. The predicted molar refractivity (Wildman–Crippen MR) is 117 cm³/mol. The molecule has 0 saturated heterocycles. The van der Waals surface area contributed by atoms with Gasteiger partial charge in [0.2, 0.25) is 0 Å². The molecule has 3 aromatic carbocycles. The normalized spacial score (nSPS) is 12.2. The predicted octanol–water partition coefficient (Wildman–Crippen LogP) is 5.55. The molecule has 4 heteroatoms. The van der Waals surface area contributed by atoms with Gasteiger partial charge in [0.15, 0.2) is 0 Å². The molecular formula is C25H28ClFNO+. The third-order valence-corrected chi connectivity index (χ3v) is 5.13. The lowest BCUT2D eigenvalue weighted by molar-refractivity contribution is -0.671. The second-order valence-corrected chi connectivity index (χ2v) is 7.97. The number of rotatable bonds is 9. The molecule has 0 aliphatic rings. The van der Waals surface area contributed by atoms with Crippen molar-refractivity contribution in [2.75, 3.05) is 6.54 Å². The van der Waals surface area contributed by atoms with Crippen molar-refractivity contribution in [1.29, 1.82) is 0 Å². The van der Waals surface area contributed by atoms with Crippen LogP contribution in [0.4, 0.5) is 4.39 Å². The van der Waals surface area contributed by atoms with E-state index in [2.05, 4.69) is 29.6 Å². The monoisotopic (exact) mass is 412 g/mol. The van der Waals surface area contributed by atoms with Gasteiger partial charge in [-0.25, -0.2) is 4.39 Å². The lowest BCUT2D eigenvalue weighted by Crippen LogP contribution is -2.82. The van der Waals surface area contributed by atoms with Gasteiger partial charge in [-0.15, -0.1) is 0 Å². The van der Waals surface area contributed by atoms with Crippen LogP contribution >= 0.6 is 11.6 Å². The SMILES string of the molecule is CC(C)Oc1ccc(C[NH2+]CC[C@@H](c2ccc(F)cc2)c2ccc(Cl)cc2)cc1. The van der Waals surface area contributed by atoms with E-state index in [0.717, 1.165) is 35.8 Å². The molecule has 152 valence electrons. The summed E-state index contributed by atoms with van der Waals surface area (Å²) in [5.74, 6) is 0.911. The van der Waals surface area contributed by atoms with Crippen molar-refractivity contribution in [2.24, 2.45) is 0 Å². The maximum absolute atomic E-state index is 13.4. The summed E-state index contributed by atoms with van der Waals surface area (Å²) >= 11 is 6.05. The number of halogens is 2. The molecule has 29 heavy (non-hydrogen) atoms. The van der Waals surface area contributed by atoms with Gasteiger partial charge in [0, 0.05) is 22.9 Å². The van der Waals surface area contributed by atoms with E-state index in [4.69, 9.17) is 16.3 Å². The molecule has 3 aromatic rings. The number of nitrogens with two attached hydrogens (primary N) is 1. The van der Waals surface area contributed by atoms with Crippen molar-refractivity contribution in [3.8, 4) is 5.75 Å². The summed E-state index contributed by atoms with van der Waals surface area (Å²) in [7, 11) is 0. The van der Waals surface area contributed by atoms with Gasteiger partial charge in [0.05, 0.1) is 12.6 Å². The summed E-state index contributed by atoms with van der Waals surface area (Å²) in [6, 6.07) is 23.0. The summed E-state index contributed by atoms with van der Waals surface area (Å²) < 4.78 is 19.1. The van der Waals surface area contributed by atoms with Crippen LogP contribution in [-0.2, 0) is 6.54 Å². The average Bonchev–Trinajstić information content (AvgIpc) is 2.71. The van der Waals surface area contributed by atoms with Gasteiger partial charge in [-0.1, -0.05) is 35.9 Å². The van der Waals surface area contributed by atoms with E-state index < -0.39 is 0 Å². The lowest BCUT2D eigenvalue weighted by Gasteiger charge is -2.18. The molecule has 2 nitrogen and oxygen atoms in total. The average molecular weight is 413 g/mol. The van der Waals surface area contributed by atoms with Crippen LogP contribution in [0, 0.1) is 5.82 Å². The molecule has 0 radical (unpaired) electrons. The quantitative estimate of drug-likeness (QED) is 0.458. The minimum Gasteiger partial charge on any atom is -0.491 e. The summed E-state index contributed by atoms with van der Waals surface area (Å²) in [5, 5.41) is 3.04. The van der Waals surface area contributed by atoms with E-state index in [1.807, 2.05) is 50.2 Å². The Morgan fingerprint density at radius 2 is 1.45 bits per heavy atom. The van der Waals surface area contributed by atoms with Gasteiger partial charge in [0.25, 0.3) is 0 Å². The minimum absolute atomic E-state index is 0.184. The Morgan fingerprint density at radius 1 is 0.862 bits per heavy atom. The van der Waals surface area contributed by atoms with Gasteiger partial charge in [-0.2, -0.15) is 0 Å². The molecule has 0 unspecified atom stereocenters. The number of quaternary nitrogens is 1. The van der Waals surface area contributed by atoms with Crippen LogP contribution in [0.5, 0.6) is 5.75 Å². The fourth-order valence-electron chi connectivity index (χ4n) is 3.45. The van der Waals surface area contributed by atoms with E-state index in [-0.39, 0.29) is 17.8 Å². The second kappa shape index (κ2) is 10.4. The maximum Gasteiger partial charge on any atom is 0.123 e. The first-order valence-corrected chi connectivity index (χ1v) is 10.5. The van der Waals surface area contributed by atoms with Crippen LogP contribution in [0.1, 0.15) is 42.9 Å². The zero-order valence-corrected chi connectivity index (χ0v) is 17.7. The highest BCUT2D eigenvalue weighted by Crippen LogP contribution is 2.28. The van der Waals surface area contributed by atoms with Gasteiger partial charge in [0.1, 0.15) is 18.1 Å². The van der Waals surface area contributed by atoms with Crippen molar-refractivity contribution in [3.05, 3.63) is 100 Å². The fraction of sp³-hybridized carbons (Fsp3) is 0.280. The molecule has 0 aliphatic carbocycles. The lowest BCUT2D eigenvalue weighted by atomic mass is 9.88. The molecule has 3 rings (SSSR count). The fourth-order valence-corrected chi connectivity index (χ4v) is 3.57. The van der Waals surface area contributed by atoms with E-state index in [9.17, 15) is 4.39 Å². The van der Waals surface area contributed by atoms with Crippen LogP contribution in [0.15, 0.2) is 72.8 Å². The molecule has 0 saturated carbocycles. The van der Waals surface area contributed by atoms with E-state index in [0.29, 0.717) is 0 Å². The Hall–Kier alpha value is -2.36. The number of ether oxygens (including phenoxy) is 1. The van der Waals surface area contributed by atoms with Gasteiger partial charge < -0.3 is 10.1 Å². The van der Waals surface area contributed by atoms with Crippen molar-refractivity contribution in [1.82, 2.24) is 0 Å². The smallest absolute Gasteiger partial charge is 0.123 e. The molecule has 0 bridgehead atoms. The Morgan fingerprint density at radius 3 is 2.03 bits per heavy atom. The Bertz CT molecular complexity index is 831. The number of hydrogen-bond donors (Lipinski definition) is 1. The van der Waals surface area contributed by atoms with Crippen molar-refractivity contribution >= 4 is 11.6 Å². The van der Waals surface area contributed by atoms with Crippen LogP contribution in [0.2, 0.25) is 5.02 Å². The topological polar surface area (TPSA) is 25.8 Å². The highest BCUT2D eigenvalue weighted by atomic mass is 35.5. The first-order chi connectivity index (χ1) is 14.0. The first kappa shape index (κ1) is 21.4. The van der Waals surface area contributed by atoms with Gasteiger partial charge >= 0.3 is 0 Å². The highest BCUT2D eigenvalue weighted by Gasteiger charge is 2.15. The summed E-state index contributed by atoms with van der Waals surface area (Å²) in [5.41, 5.74) is 3.59. The zero-order valence-electron chi connectivity index (χ0n) is 16.9. The molecule has 0 spiro atoms. The van der Waals surface area contributed by atoms with Crippen molar-refractivity contribution in [2.45, 2.75) is 38.8 Å². The number of benzene rings is 3. The molecule has 0 aliphatic heterocycles. The minimum atomic E-state index is -0.208. The third kappa shape index (κ3) is 6.59. The van der Waals surface area contributed by atoms with E-state index in [1.54, 1.807) is 0 Å². The highest BCUT2D eigenvalue weighted by molar-refractivity contribution is 6.30. The maximum atomic E-state index is 13.4. The van der Waals surface area contributed by atoms with Crippen LogP contribution < -0.4 is 10.1 Å². The molecule has 0 heterocycles. The largest absolute Gasteiger partial charge is 0.491 e. The third-order valence-electron chi connectivity index (χ3n) is 4.88. The Labute approximate surface area is 177 Å². The van der Waals surface area contributed by atoms with Crippen LogP contribution in [-0.4, -0.2) is 12.6 Å². The van der Waals surface area contributed by atoms with Gasteiger partial charge in [-0.05, 0) is 73.5 Å². The Kier molecular flexibility index (Phi) is 7.68. The number of hydrogen-bond acceptors (Lipinski definition) is 1. The summed E-state index contributed by atoms with van der Waals surface area (Å²) in [6.07, 6.45) is 1.14. The molecule has 0 fully saturated rings. The van der Waals surface area contributed by atoms with Crippen LogP contribution in [0.25, 0.3) is 0 Å². The van der Waals surface area contributed by atoms with Crippen LogP contribution in [0.3, 0.4) is 0 Å². The standard InChI is InChI=1S/C25H27ClFNO/c1-18(2)29-24-13-3-19(4-14-24)17-28-16-15-25(20-5-9-22(26)10-6-20)21-7-11-23(27)12-8-21/h3-14,18,25,28H,15-17H2,1-2H3/p+1/t25-/m1/s1. The van der Waals surface area contributed by atoms with Crippen molar-refractivity contribution in [3.63, 3.8) is 0 Å². The summed E-state index contributed by atoms with van der Waals surface area (Å²) in [4.78, 5) is 0. The molecule has 1 atom stereocenters. The molecular weight excluding hydrogens is 385 g/mol. The van der Waals surface area contributed by atoms with E-state index >= 15 is 0 Å². The molecule has 0 aromatic heterocycles. The molecule has 0 amide bonds. The summed E-state index contributed by atoms with van der Waals surface area (Å²) in [6.45, 7) is 5.94. The van der Waals surface area contributed by atoms with E-state index in [1.165, 1.54) is 23.3 Å². The first-order valence-electron chi connectivity index (χ1n) is 10.1. The molecule has 2 N–H and O–H groups in total.